The van der Waals surface area contributed by atoms with Gasteiger partial charge in [0, 0.05) is 34.7 Å². The van der Waals surface area contributed by atoms with E-state index in [9.17, 15) is 18.0 Å². The van der Waals surface area contributed by atoms with Crippen molar-refractivity contribution in [3.63, 3.8) is 0 Å². The Labute approximate surface area is 203 Å². The lowest BCUT2D eigenvalue weighted by atomic mass is 9.86. The first-order valence-electron chi connectivity index (χ1n) is 11.2. The van der Waals surface area contributed by atoms with Gasteiger partial charge >= 0.3 is 6.03 Å². The highest BCUT2D eigenvalue weighted by molar-refractivity contribution is 7.91. The highest BCUT2D eigenvalue weighted by atomic mass is 35.5. The molecule has 7 nitrogen and oxygen atoms in total. The number of nitrogens with one attached hydrogen (secondary N) is 2. The number of amides is 2. The van der Waals surface area contributed by atoms with Gasteiger partial charge in [0.15, 0.2) is 9.84 Å². The lowest BCUT2D eigenvalue weighted by molar-refractivity contribution is 0.233. The molecule has 0 spiro atoms. The third-order valence-electron chi connectivity index (χ3n) is 6.06. The van der Waals surface area contributed by atoms with Gasteiger partial charge in [-0.25, -0.2) is 13.2 Å². The maximum absolute atomic E-state index is 13.2. The number of rotatable bonds is 6. The van der Waals surface area contributed by atoms with Crippen LogP contribution in [0.5, 0.6) is 0 Å². The van der Waals surface area contributed by atoms with Crippen molar-refractivity contribution in [2.45, 2.75) is 36.6 Å². The Morgan fingerprint density at radius 3 is 2.38 bits per heavy atom. The van der Waals surface area contributed by atoms with E-state index in [4.69, 9.17) is 11.6 Å². The molecule has 0 saturated heterocycles. The van der Waals surface area contributed by atoms with Crippen molar-refractivity contribution >= 4 is 33.2 Å². The maximum atomic E-state index is 13.2. The van der Waals surface area contributed by atoms with Gasteiger partial charge in [-0.3, -0.25) is 9.36 Å². The molecule has 0 radical (unpaired) electrons. The molecule has 4 rings (SSSR count). The molecule has 1 aromatic heterocycles. The minimum Gasteiger partial charge on any atom is -0.335 e. The monoisotopic (exact) mass is 499 g/mol. The fourth-order valence-electron chi connectivity index (χ4n) is 4.30. The Morgan fingerprint density at radius 1 is 0.971 bits per heavy atom. The van der Waals surface area contributed by atoms with Crippen LogP contribution in [-0.4, -0.2) is 30.8 Å². The summed E-state index contributed by atoms with van der Waals surface area (Å²) in [6.45, 7) is 0. The van der Waals surface area contributed by atoms with Crippen molar-refractivity contribution in [2.75, 3.05) is 11.1 Å². The number of anilines is 1. The summed E-state index contributed by atoms with van der Waals surface area (Å²) < 4.78 is 27.8. The maximum Gasteiger partial charge on any atom is 0.319 e. The van der Waals surface area contributed by atoms with Gasteiger partial charge in [-0.2, -0.15) is 0 Å². The third-order valence-corrected chi connectivity index (χ3v) is 8.17. The Kier molecular flexibility index (Phi) is 7.38. The number of hydrogen-bond donors (Lipinski definition) is 2. The molecule has 0 aliphatic heterocycles. The van der Waals surface area contributed by atoms with Crippen LogP contribution in [0.15, 0.2) is 82.6 Å². The number of carbonyl (C=O) groups is 1. The van der Waals surface area contributed by atoms with Gasteiger partial charge in [0.1, 0.15) is 0 Å². The molecule has 0 bridgehead atoms. The predicted molar refractivity (Wildman–Crippen MR) is 133 cm³/mol. The molecule has 1 aliphatic rings. The zero-order chi connectivity index (χ0) is 24.1. The molecule has 34 heavy (non-hydrogen) atoms. The number of carbonyl (C=O) groups excluding carboxylic acids is 1. The van der Waals surface area contributed by atoms with Crippen molar-refractivity contribution in [1.29, 1.82) is 0 Å². The molecule has 178 valence electrons. The van der Waals surface area contributed by atoms with Gasteiger partial charge in [0.25, 0.3) is 5.56 Å². The van der Waals surface area contributed by atoms with Crippen LogP contribution in [0.4, 0.5) is 10.5 Å². The van der Waals surface area contributed by atoms with Crippen LogP contribution >= 0.6 is 11.6 Å². The van der Waals surface area contributed by atoms with Crippen LogP contribution in [0.2, 0.25) is 5.02 Å². The minimum absolute atomic E-state index is 0.0521. The summed E-state index contributed by atoms with van der Waals surface area (Å²) in [5.74, 6) is -0.241. The second-order valence-electron chi connectivity index (χ2n) is 8.44. The Balaban J connectivity index is 1.44. The lowest BCUT2D eigenvalue weighted by Gasteiger charge is -2.32. The van der Waals surface area contributed by atoms with Crippen LogP contribution in [0, 0.1) is 5.92 Å². The van der Waals surface area contributed by atoms with E-state index in [1.54, 1.807) is 54.7 Å². The molecule has 9 heteroatoms. The van der Waals surface area contributed by atoms with E-state index in [0.29, 0.717) is 16.4 Å². The third kappa shape index (κ3) is 5.87. The molecule has 2 amide bonds. The molecule has 2 aromatic carbocycles. The van der Waals surface area contributed by atoms with Crippen molar-refractivity contribution < 1.29 is 13.2 Å². The number of sulfone groups is 1. The first-order valence-corrected chi connectivity index (χ1v) is 13.2. The number of pyridine rings is 1. The Bertz CT molecular complexity index is 1300. The predicted octanol–water partition coefficient (Wildman–Crippen LogP) is 4.65. The number of nitrogens with zero attached hydrogens (tertiary/aromatic N) is 1. The fraction of sp³-hybridized carbons (Fsp3) is 0.280. The zero-order valence-electron chi connectivity index (χ0n) is 18.5. The zero-order valence-corrected chi connectivity index (χ0v) is 20.1. The molecule has 3 aromatic rings. The summed E-state index contributed by atoms with van der Waals surface area (Å²) >= 11 is 5.88. The normalized spacial score (nSPS) is 18.3. The van der Waals surface area contributed by atoms with Gasteiger partial charge in [0.05, 0.1) is 10.6 Å². The van der Waals surface area contributed by atoms with E-state index < -0.39 is 9.84 Å². The number of urea groups is 1. The molecule has 1 aliphatic carbocycles. The summed E-state index contributed by atoms with van der Waals surface area (Å²) in [6, 6.07) is 17.3. The van der Waals surface area contributed by atoms with Crippen molar-refractivity contribution in [3.8, 4) is 5.69 Å². The topological polar surface area (TPSA) is 97.3 Å². The number of halogens is 1. The first-order chi connectivity index (χ1) is 16.3. The minimum atomic E-state index is -3.58. The van der Waals surface area contributed by atoms with E-state index in [0.717, 1.165) is 25.7 Å². The van der Waals surface area contributed by atoms with E-state index in [2.05, 4.69) is 10.6 Å². The van der Waals surface area contributed by atoms with Gasteiger partial charge in [-0.1, -0.05) is 30.5 Å². The quantitative estimate of drug-likeness (QED) is 0.516. The molecule has 1 heterocycles. The van der Waals surface area contributed by atoms with E-state index in [-0.39, 0.29) is 34.2 Å². The van der Waals surface area contributed by atoms with Crippen LogP contribution in [0.1, 0.15) is 25.7 Å². The van der Waals surface area contributed by atoms with Crippen LogP contribution in [0.3, 0.4) is 0 Å². The van der Waals surface area contributed by atoms with Crippen LogP contribution in [-0.2, 0) is 9.84 Å². The number of benzene rings is 2. The number of aromatic nitrogens is 1. The van der Waals surface area contributed by atoms with E-state index >= 15 is 0 Å². The van der Waals surface area contributed by atoms with Gasteiger partial charge in [-0.05, 0) is 73.4 Å². The number of hydrogen-bond acceptors (Lipinski definition) is 4. The standard InChI is InChI=1S/C25H26ClN3O4S/c26-19-8-10-20(11-9-19)27-25(31)28-23-6-2-1-5-18(23)17-34(32,33)22-14-12-21(13-15-22)29-16-4-3-7-24(29)30/h3-4,7-16,18,23H,1-2,5-6,17H2,(H2,27,28,31)/t18-,23-/m1/s1. The Morgan fingerprint density at radius 2 is 1.68 bits per heavy atom. The molecular weight excluding hydrogens is 474 g/mol. The van der Waals surface area contributed by atoms with E-state index in [1.165, 1.54) is 22.8 Å². The van der Waals surface area contributed by atoms with Gasteiger partial charge < -0.3 is 10.6 Å². The summed E-state index contributed by atoms with van der Waals surface area (Å²) in [7, 11) is -3.58. The fourth-order valence-corrected chi connectivity index (χ4v) is 6.13. The summed E-state index contributed by atoms with van der Waals surface area (Å²) in [5, 5.41) is 6.31. The van der Waals surface area contributed by atoms with Crippen LogP contribution < -0.4 is 16.2 Å². The second kappa shape index (κ2) is 10.4. The van der Waals surface area contributed by atoms with Gasteiger partial charge in [-0.15, -0.1) is 0 Å². The van der Waals surface area contributed by atoms with E-state index in [1.807, 2.05) is 0 Å². The highest BCUT2D eigenvalue weighted by Gasteiger charge is 2.31. The molecular formula is C25H26ClN3O4S. The van der Waals surface area contributed by atoms with Crippen molar-refractivity contribution in [3.05, 3.63) is 88.3 Å². The van der Waals surface area contributed by atoms with Crippen molar-refractivity contribution in [2.24, 2.45) is 5.92 Å². The smallest absolute Gasteiger partial charge is 0.319 e. The summed E-state index contributed by atoms with van der Waals surface area (Å²) in [5.41, 5.74) is 1.02. The molecule has 1 saturated carbocycles. The highest BCUT2D eigenvalue weighted by Crippen LogP contribution is 2.28. The molecule has 2 atom stereocenters. The Hall–Kier alpha value is -3.10. The summed E-state index contributed by atoms with van der Waals surface area (Å²) in [4.78, 5) is 24.7. The lowest BCUT2D eigenvalue weighted by Crippen LogP contribution is -2.46. The first kappa shape index (κ1) is 24.0. The average Bonchev–Trinajstić information content (AvgIpc) is 2.82. The largest absolute Gasteiger partial charge is 0.335 e. The molecule has 0 unspecified atom stereocenters. The van der Waals surface area contributed by atoms with Gasteiger partial charge in [0.2, 0.25) is 0 Å². The molecule has 2 N–H and O–H groups in total. The van der Waals surface area contributed by atoms with Crippen molar-refractivity contribution in [1.82, 2.24) is 9.88 Å². The van der Waals surface area contributed by atoms with Crippen LogP contribution in [0.25, 0.3) is 5.69 Å². The molecule has 1 fully saturated rings. The SMILES string of the molecule is O=C(Nc1ccc(Cl)cc1)N[C@@H]1CCCC[C@@H]1CS(=O)(=O)c1ccc(-n2ccccc2=O)cc1. The summed E-state index contributed by atoms with van der Waals surface area (Å²) in [6.07, 6.45) is 4.95. The average molecular weight is 500 g/mol. The second-order valence-corrected chi connectivity index (χ2v) is 10.9.